The highest BCUT2D eigenvalue weighted by Crippen LogP contribution is 2.33. The molecule has 0 unspecified atom stereocenters. The molecule has 0 bridgehead atoms. The van der Waals surface area contributed by atoms with Crippen molar-refractivity contribution in [2.75, 3.05) is 0 Å². The molecule has 0 aliphatic carbocycles. The number of halogens is 1. The fraction of sp³-hybridized carbons (Fsp3) is 0. The van der Waals surface area contributed by atoms with Crippen LogP contribution in [0.15, 0.2) is 35.0 Å². The summed E-state index contributed by atoms with van der Waals surface area (Å²) in [5.74, 6) is 0. The van der Waals surface area contributed by atoms with Gasteiger partial charge < -0.3 is 0 Å². The van der Waals surface area contributed by atoms with E-state index in [1.54, 1.807) is 11.3 Å². The summed E-state index contributed by atoms with van der Waals surface area (Å²) in [4.78, 5) is 4.50. The summed E-state index contributed by atoms with van der Waals surface area (Å²) in [7, 11) is 0. The molecule has 1 aromatic carbocycles. The lowest BCUT2D eigenvalue weighted by molar-refractivity contribution is 1.47. The van der Waals surface area contributed by atoms with Gasteiger partial charge >= 0.3 is 0 Å². The van der Waals surface area contributed by atoms with Gasteiger partial charge in [0.1, 0.15) is 0 Å². The molecule has 0 atom stereocenters. The Hall–Kier alpha value is -1.12. The van der Waals surface area contributed by atoms with Crippen LogP contribution in [0, 0.1) is 0 Å². The van der Waals surface area contributed by atoms with Gasteiger partial charge in [-0.2, -0.15) is 11.3 Å². The van der Waals surface area contributed by atoms with E-state index in [-0.39, 0.29) is 0 Å². The third kappa shape index (κ3) is 1.11. The van der Waals surface area contributed by atoms with Crippen molar-refractivity contribution in [3.8, 4) is 11.3 Å². The molecule has 0 aromatic heterocycles. The third-order valence-corrected chi connectivity index (χ3v) is 3.16. The normalized spacial score (nSPS) is 11.2. The van der Waals surface area contributed by atoms with E-state index in [0.717, 1.165) is 21.6 Å². The fourth-order valence-electron chi connectivity index (χ4n) is 1.61. The summed E-state index contributed by atoms with van der Waals surface area (Å²) in [6.07, 6.45) is 0. The Bertz CT molecular complexity index is 573. The molecule has 2 heterocycles. The predicted molar refractivity (Wildman–Crippen MR) is 61.3 cm³/mol. The maximum absolute atomic E-state index is 5.95. The second-order valence-electron chi connectivity index (χ2n) is 3.13. The van der Waals surface area contributed by atoms with Crippen LogP contribution in [0.1, 0.15) is 0 Å². The summed E-state index contributed by atoms with van der Waals surface area (Å²) in [6, 6.07) is 7.84. The Morgan fingerprint density at radius 2 is 2.14 bits per heavy atom. The van der Waals surface area contributed by atoms with E-state index in [0.29, 0.717) is 0 Å². The highest BCUT2D eigenvalue weighted by Gasteiger charge is 2.10. The largest absolute Gasteiger partial charge is 0.248 e. The van der Waals surface area contributed by atoms with Gasteiger partial charge in [0, 0.05) is 21.4 Å². The lowest BCUT2D eigenvalue weighted by atomic mass is 10.1. The van der Waals surface area contributed by atoms with Crippen molar-refractivity contribution in [1.82, 2.24) is 4.98 Å². The first kappa shape index (κ1) is 8.21. The lowest BCUT2D eigenvalue weighted by Gasteiger charge is -1.94. The van der Waals surface area contributed by atoms with Gasteiger partial charge in [-0.05, 0) is 29.6 Å². The van der Waals surface area contributed by atoms with Gasteiger partial charge in [-0.3, -0.25) is 0 Å². The first-order valence-corrected chi connectivity index (χ1v) is 5.58. The quantitative estimate of drug-likeness (QED) is 0.556. The van der Waals surface area contributed by atoms with Crippen molar-refractivity contribution in [3.05, 3.63) is 40.0 Å². The Morgan fingerprint density at radius 3 is 3.07 bits per heavy atom. The van der Waals surface area contributed by atoms with Crippen molar-refractivity contribution >= 4 is 33.8 Å². The van der Waals surface area contributed by atoms with Crippen LogP contribution in [0.5, 0.6) is 0 Å². The highest BCUT2D eigenvalue weighted by molar-refractivity contribution is 7.08. The number of aromatic nitrogens is 1. The zero-order valence-corrected chi connectivity index (χ0v) is 8.77. The molecule has 1 nitrogen and oxygen atoms in total. The minimum absolute atomic E-state index is 0.764. The van der Waals surface area contributed by atoms with Gasteiger partial charge in [-0.15, -0.1) is 0 Å². The summed E-state index contributed by atoms with van der Waals surface area (Å²) >= 11 is 7.63. The van der Waals surface area contributed by atoms with Crippen LogP contribution < -0.4 is 0 Å². The molecule has 1 aromatic rings. The molecule has 0 N–H and O–H groups in total. The smallest absolute Gasteiger partial charge is 0.0732 e. The van der Waals surface area contributed by atoms with E-state index in [4.69, 9.17) is 11.6 Å². The molecule has 3 heteroatoms. The average Bonchev–Trinajstić information content (AvgIpc) is 2.56. The van der Waals surface area contributed by atoms with Crippen LogP contribution in [0.4, 0.5) is 0 Å². The maximum Gasteiger partial charge on any atom is 0.0732 e. The lowest BCUT2D eigenvalue weighted by Crippen LogP contribution is -1.70. The topological polar surface area (TPSA) is 12.9 Å². The number of nitrogens with zero attached hydrogens (tertiary/aromatic N) is 1. The predicted octanol–water partition coefficient (Wildman–Crippen LogP) is 4.05. The average molecular weight is 220 g/mol. The van der Waals surface area contributed by atoms with Crippen molar-refractivity contribution in [2.24, 2.45) is 0 Å². The molecule has 14 heavy (non-hydrogen) atoms. The number of hydrogen-bond acceptors (Lipinski definition) is 2. The Labute approximate surface area is 90.3 Å². The SMILES string of the molecule is Clc1ccc2nc3ccscc-3c2c1. The van der Waals surface area contributed by atoms with Crippen molar-refractivity contribution in [2.45, 2.75) is 0 Å². The van der Waals surface area contributed by atoms with E-state index in [9.17, 15) is 0 Å². The van der Waals surface area contributed by atoms with Crippen LogP contribution in [-0.2, 0) is 0 Å². The summed E-state index contributed by atoms with van der Waals surface area (Å²) in [6.45, 7) is 0. The number of rotatable bonds is 0. The Balaban J connectivity index is 2.51. The monoisotopic (exact) mass is 219 g/mol. The molecule has 0 amide bonds. The number of benzene rings is 1. The molecule has 0 radical (unpaired) electrons. The maximum atomic E-state index is 5.95. The first-order chi connectivity index (χ1) is 6.84. The van der Waals surface area contributed by atoms with Gasteiger partial charge in [0.15, 0.2) is 0 Å². The molecule has 0 saturated carbocycles. The minimum Gasteiger partial charge on any atom is -0.248 e. The zero-order valence-electron chi connectivity index (χ0n) is 7.20. The van der Waals surface area contributed by atoms with Crippen LogP contribution in [-0.4, -0.2) is 4.98 Å². The van der Waals surface area contributed by atoms with Crippen LogP contribution in [0.25, 0.3) is 22.2 Å². The second kappa shape index (κ2) is 2.94. The van der Waals surface area contributed by atoms with Crippen molar-refractivity contribution in [3.63, 3.8) is 0 Å². The van der Waals surface area contributed by atoms with Crippen LogP contribution >= 0.6 is 22.9 Å². The number of fused-ring (bicyclic) bond motifs is 3. The summed E-state index contributed by atoms with van der Waals surface area (Å²) in [5, 5.41) is 6.06. The van der Waals surface area contributed by atoms with Crippen LogP contribution in [0.3, 0.4) is 0 Å². The fourth-order valence-corrected chi connectivity index (χ4v) is 2.45. The minimum atomic E-state index is 0.764. The van der Waals surface area contributed by atoms with Crippen LogP contribution in [0.2, 0.25) is 5.02 Å². The molecule has 3 rings (SSSR count). The molecule has 0 spiro atoms. The van der Waals surface area contributed by atoms with Gasteiger partial charge in [0.25, 0.3) is 0 Å². The first-order valence-electron chi connectivity index (χ1n) is 4.26. The van der Waals surface area contributed by atoms with Gasteiger partial charge in [-0.1, -0.05) is 11.6 Å². The van der Waals surface area contributed by atoms with E-state index in [1.807, 2.05) is 29.6 Å². The van der Waals surface area contributed by atoms with E-state index in [1.165, 1.54) is 5.56 Å². The molecule has 0 fully saturated rings. The van der Waals surface area contributed by atoms with Gasteiger partial charge in [0.2, 0.25) is 0 Å². The molecular formula is C11H6ClNS. The summed E-state index contributed by atoms with van der Waals surface area (Å²) < 4.78 is 0. The molecule has 0 saturated heterocycles. The van der Waals surface area contributed by atoms with Gasteiger partial charge in [0.05, 0.1) is 11.2 Å². The standard InChI is InChI=1S/C11H6ClNS/c12-7-1-2-10-8(5-7)9-6-14-4-3-11(9)13-10/h1-6H. The molecule has 2 aliphatic heterocycles. The zero-order chi connectivity index (χ0) is 9.54. The summed E-state index contributed by atoms with van der Waals surface area (Å²) in [5.41, 5.74) is 3.25. The Morgan fingerprint density at radius 1 is 1.21 bits per heavy atom. The Kier molecular flexibility index (Phi) is 1.72. The molecular weight excluding hydrogens is 214 g/mol. The second-order valence-corrected chi connectivity index (χ2v) is 4.35. The van der Waals surface area contributed by atoms with Crippen molar-refractivity contribution < 1.29 is 0 Å². The van der Waals surface area contributed by atoms with Crippen molar-refractivity contribution in [1.29, 1.82) is 0 Å². The highest BCUT2D eigenvalue weighted by atomic mass is 35.5. The van der Waals surface area contributed by atoms with E-state index < -0.39 is 0 Å². The van der Waals surface area contributed by atoms with E-state index in [2.05, 4.69) is 10.4 Å². The van der Waals surface area contributed by atoms with E-state index >= 15 is 0 Å². The molecule has 68 valence electrons. The third-order valence-electron chi connectivity index (χ3n) is 2.26. The number of hydrogen-bond donors (Lipinski definition) is 0. The molecule has 2 aliphatic rings. The van der Waals surface area contributed by atoms with Gasteiger partial charge in [-0.25, -0.2) is 4.98 Å².